The van der Waals surface area contributed by atoms with Gasteiger partial charge >= 0.3 is 5.97 Å². The number of carboxylic acids is 1. The average Bonchev–Trinajstić information content (AvgIpc) is 2.82. The van der Waals surface area contributed by atoms with Crippen LogP contribution in [0.25, 0.3) is 0 Å². The number of nitrogens with zero attached hydrogens (tertiary/aromatic N) is 1. The molecule has 0 radical (unpaired) electrons. The fourth-order valence-electron chi connectivity index (χ4n) is 1.45. The molecular weight excluding hydrogens is 234 g/mol. The third-order valence-corrected chi connectivity index (χ3v) is 2.28. The van der Waals surface area contributed by atoms with Crippen molar-refractivity contribution >= 4 is 17.6 Å². The van der Waals surface area contributed by atoms with E-state index in [0.29, 0.717) is 5.69 Å². The van der Waals surface area contributed by atoms with Gasteiger partial charge in [-0.25, -0.2) is 9.78 Å². The summed E-state index contributed by atoms with van der Waals surface area (Å²) in [6, 6.07) is 6.47. The molecule has 18 heavy (non-hydrogen) atoms. The number of carboxylic acid groups (broad SMARTS) is 1. The van der Waals surface area contributed by atoms with Crippen molar-refractivity contribution in [1.82, 2.24) is 9.97 Å². The Morgan fingerprint density at radius 1 is 1.33 bits per heavy atom. The van der Waals surface area contributed by atoms with Gasteiger partial charge in [0.15, 0.2) is 0 Å². The highest BCUT2D eigenvalue weighted by Crippen LogP contribution is 2.07. The van der Waals surface area contributed by atoms with Crippen molar-refractivity contribution in [2.24, 2.45) is 0 Å². The van der Waals surface area contributed by atoms with Crippen LogP contribution in [0.3, 0.4) is 0 Å². The molecule has 6 nitrogen and oxygen atoms in total. The molecule has 0 unspecified atom stereocenters. The van der Waals surface area contributed by atoms with E-state index in [-0.39, 0.29) is 18.0 Å². The molecule has 0 bridgehead atoms. The van der Waals surface area contributed by atoms with E-state index >= 15 is 0 Å². The standard InChI is InChI=1S/C12H11N3O3/c16-11(6-8-2-1-5-13-8)15-9-3-4-10(12(17)18)14-7-9/h1-5,7,13H,6H2,(H,15,16)(H,17,18). The molecule has 92 valence electrons. The molecule has 0 saturated heterocycles. The molecule has 0 aliphatic heterocycles. The van der Waals surface area contributed by atoms with Gasteiger partial charge in [-0.1, -0.05) is 0 Å². The summed E-state index contributed by atoms with van der Waals surface area (Å²) < 4.78 is 0. The summed E-state index contributed by atoms with van der Waals surface area (Å²) in [6.45, 7) is 0. The second-order valence-electron chi connectivity index (χ2n) is 3.66. The van der Waals surface area contributed by atoms with E-state index < -0.39 is 5.97 Å². The van der Waals surface area contributed by atoms with Gasteiger partial charge in [0.05, 0.1) is 18.3 Å². The van der Waals surface area contributed by atoms with Gasteiger partial charge in [0.2, 0.25) is 5.91 Å². The Balaban J connectivity index is 1.97. The van der Waals surface area contributed by atoms with Crippen molar-refractivity contribution in [2.45, 2.75) is 6.42 Å². The number of rotatable bonds is 4. The molecule has 0 aromatic carbocycles. The Kier molecular flexibility index (Phi) is 3.38. The average molecular weight is 245 g/mol. The zero-order chi connectivity index (χ0) is 13.0. The summed E-state index contributed by atoms with van der Waals surface area (Å²) in [6.07, 6.45) is 3.29. The van der Waals surface area contributed by atoms with Gasteiger partial charge in [0.1, 0.15) is 5.69 Å². The van der Waals surface area contributed by atoms with Gasteiger partial charge in [-0.05, 0) is 24.3 Å². The lowest BCUT2D eigenvalue weighted by molar-refractivity contribution is -0.115. The lowest BCUT2D eigenvalue weighted by Gasteiger charge is -2.04. The number of H-pyrrole nitrogens is 1. The summed E-state index contributed by atoms with van der Waals surface area (Å²) in [5.41, 5.74) is 1.22. The Morgan fingerprint density at radius 2 is 2.17 bits per heavy atom. The molecule has 0 atom stereocenters. The summed E-state index contributed by atoms with van der Waals surface area (Å²) >= 11 is 0. The SMILES string of the molecule is O=C(Cc1ccc[nH]1)Nc1ccc(C(=O)O)nc1. The number of nitrogens with one attached hydrogen (secondary N) is 2. The van der Waals surface area contributed by atoms with Gasteiger partial charge in [0, 0.05) is 11.9 Å². The molecule has 1 amide bonds. The monoisotopic (exact) mass is 245 g/mol. The highest BCUT2D eigenvalue weighted by Gasteiger charge is 2.07. The molecule has 0 spiro atoms. The number of anilines is 1. The maximum absolute atomic E-state index is 11.6. The fraction of sp³-hybridized carbons (Fsp3) is 0.0833. The van der Waals surface area contributed by atoms with E-state index in [1.807, 2.05) is 12.1 Å². The molecule has 2 heterocycles. The first kappa shape index (κ1) is 11.8. The summed E-state index contributed by atoms with van der Waals surface area (Å²) in [5, 5.41) is 11.3. The van der Waals surface area contributed by atoms with Gasteiger partial charge < -0.3 is 15.4 Å². The molecule has 0 fully saturated rings. The van der Waals surface area contributed by atoms with Crippen LogP contribution in [-0.4, -0.2) is 27.0 Å². The zero-order valence-electron chi connectivity index (χ0n) is 9.38. The Bertz CT molecular complexity index is 546. The molecule has 2 rings (SSSR count). The molecule has 6 heteroatoms. The van der Waals surface area contributed by atoms with Crippen molar-refractivity contribution in [2.75, 3.05) is 5.32 Å². The van der Waals surface area contributed by atoms with E-state index in [1.165, 1.54) is 18.3 Å². The van der Waals surface area contributed by atoms with Crippen molar-refractivity contribution in [3.63, 3.8) is 0 Å². The second kappa shape index (κ2) is 5.13. The number of aromatic carboxylic acids is 1. The predicted octanol–water partition coefficient (Wildman–Crippen LogP) is 1.29. The molecule has 2 aromatic heterocycles. The normalized spacial score (nSPS) is 10.0. The summed E-state index contributed by atoms with van der Waals surface area (Å²) in [7, 11) is 0. The third kappa shape index (κ3) is 2.94. The molecule has 0 aliphatic carbocycles. The van der Waals surface area contributed by atoms with Crippen molar-refractivity contribution in [3.8, 4) is 0 Å². The topological polar surface area (TPSA) is 95.1 Å². The summed E-state index contributed by atoms with van der Waals surface area (Å²) in [5.74, 6) is -1.29. The minimum Gasteiger partial charge on any atom is -0.477 e. The van der Waals surface area contributed by atoms with E-state index in [0.717, 1.165) is 5.69 Å². The number of amides is 1. The number of carbonyl (C=O) groups is 2. The highest BCUT2D eigenvalue weighted by molar-refractivity contribution is 5.92. The van der Waals surface area contributed by atoms with Crippen LogP contribution in [0.15, 0.2) is 36.7 Å². The second-order valence-corrected chi connectivity index (χ2v) is 3.66. The lowest BCUT2D eigenvalue weighted by atomic mass is 10.3. The van der Waals surface area contributed by atoms with E-state index in [1.54, 1.807) is 6.20 Å². The Morgan fingerprint density at radius 3 is 2.72 bits per heavy atom. The van der Waals surface area contributed by atoms with Gasteiger partial charge in [0.25, 0.3) is 0 Å². The Hall–Kier alpha value is -2.63. The number of carbonyl (C=O) groups excluding carboxylic acids is 1. The predicted molar refractivity (Wildman–Crippen MR) is 64.3 cm³/mol. The quantitative estimate of drug-likeness (QED) is 0.756. The minimum atomic E-state index is -1.10. The number of pyridine rings is 1. The maximum Gasteiger partial charge on any atom is 0.354 e. The molecule has 2 aromatic rings. The van der Waals surface area contributed by atoms with Gasteiger partial charge in [-0.2, -0.15) is 0 Å². The van der Waals surface area contributed by atoms with Crippen molar-refractivity contribution < 1.29 is 14.7 Å². The van der Waals surface area contributed by atoms with Crippen LogP contribution in [0.4, 0.5) is 5.69 Å². The molecular formula is C12H11N3O3. The molecule has 3 N–H and O–H groups in total. The molecule has 0 aliphatic rings. The van der Waals surface area contributed by atoms with Crippen molar-refractivity contribution in [3.05, 3.63) is 48.0 Å². The first-order valence-electron chi connectivity index (χ1n) is 5.26. The fourth-order valence-corrected chi connectivity index (χ4v) is 1.45. The van der Waals surface area contributed by atoms with Crippen LogP contribution in [0, 0.1) is 0 Å². The van der Waals surface area contributed by atoms with Gasteiger partial charge in [-0.15, -0.1) is 0 Å². The number of hydrogen-bond donors (Lipinski definition) is 3. The lowest BCUT2D eigenvalue weighted by Crippen LogP contribution is -2.15. The largest absolute Gasteiger partial charge is 0.477 e. The summed E-state index contributed by atoms with van der Waals surface area (Å²) in [4.78, 5) is 28.8. The van der Waals surface area contributed by atoms with Crippen LogP contribution >= 0.6 is 0 Å². The number of aromatic nitrogens is 2. The van der Waals surface area contributed by atoms with Crippen LogP contribution in [0.5, 0.6) is 0 Å². The number of aromatic amines is 1. The highest BCUT2D eigenvalue weighted by atomic mass is 16.4. The van der Waals surface area contributed by atoms with E-state index in [4.69, 9.17) is 5.11 Å². The van der Waals surface area contributed by atoms with Crippen molar-refractivity contribution in [1.29, 1.82) is 0 Å². The minimum absolute atomic E-state index is 0.0580. The van der Waals surface area contributed by atoms with Crippen LogP contribution < -0.4 is 5.32 Å². The molecule has 0 saturated carbocycles. The Labute approximate surface area is 103 Å². The maximum atomic E-state index is 11.6. The zero-order valence-corrected chi connectivity index (χ0v) is 9.38. The first-order valence-corrected chi connectivity index (χ1v) is 5.26. The van der Waals surface area contributed by atoms with Crippen LogP contribution in [0.1, 0.15) is 16.2 Å². The van der Waals surface area contributed by atoms with Crippen LogP contribution in [-0.2, 0) is 11.2 Å². The third-order valence-electron chi connectivity index (χ3n) is 2.28. The van der Waals surface area contributed by atoms with Crippen LogP contribution in [0.2, 0.25) is 0 Å². The van der Waals surface area contributed by atoms with E-state index in [2.05, 4.69) is 15.3 Å². The smallest absolute Gasteiger partial charge is 0.354 e. The van der Waals surface area contributed by atoms with E-state index in [9.17, 15) is 9.59 Å². The van der Waals surface area contributed by atoms with Gasteiger partial charge in [-0.3, -0.25) is 4.79 Å². The first-order chi connectivity index (χ1) is 8.65. The number of hydrogen-bond acceptors (Lipinski definition) is 3.